The van der Waals surface area contributed by atoms with Gasteiger partial charge in [-0.3, -0.25) is 19.4 Å². The van der Waals surface area contributed by atoms with Crippen LogP contribution in [-0.4, -0.2) is 66.9 Å². The number of carbonyl (C=O) groups excluding carboxylic acids is 2. The Hall–Kier alpha value is -1.84. The van der Waals surface area contributed by atoms with Crippen molar-refractivity contribution in [2.45, 2.75) is 26.1 Å². The van der Waals surface area contributed by atoms with Crippen LogP contribution in [-0.2, 0) is 15.8 Å². The molecule has 1 aromatic carbocycles. The van der Waals surface area contributed by atoms with E-state index in [0.717, 1.165) is 12.1 Å². The van der Waals surface area contributed by atoms with Gasteiger partial charge in [0.15, 0.2) is 0 Å². The predicted molar refractivity (Wildman–Crippen MR) is 101 cm³/mol. The summed E-state index contributed by atoms with van der Waals surface area (Å²) in [6.07, 6.45) is -4.59. The number of nitrogens with zero attached hydrogens (tertiary/aromatic N) is 2. The molecule has 1 aliphatic heterocycles. The largest absolute Gasteiger partial charge is 0.417 e. The molecule has 0 bridgehead atoms. The zero-order valence-electron chi connectivity index (χ0n) is 15.8. The third-order valence-electron chi connectivity index (χ3n) is 4.61. The molecule has 10 heteroatoms. The lowest BCUT2D eigenvalue weighted by Crippen LogP contribution is -2.54. The second-order valence-corrected chi connectivity index (χ2v) is 7.03. The van der Waals surface area contributed by atoms with E-state index in [2.05, 4.69) is 10.6 Å². The first-order valence-electron chi connectivity index (χ1n) is 9.02. The Morgan fingerprint density at radius 2 is 1.86 bits per heavy atom. The van der Waals surface area contributed by atoms with Gasteiger partial charge in [0.2, 0.25) is 11.8 Å². The van der Waals surface area contributed by atoms with Crippen molar-refractivity contribution in [2.24, 2.45) is 0 Å². The molecule has 2 amide bonds. The molecule has 156 valence electrons. The number of amides is 2. The number of carbonyl (C=O) groups is 2. The minimum absolute atomic E-state index is 0.0306. The summed E-state index contributed by atoms with van der Waals surface area (Å²) in [4.78, 5) is 28.0. The quantitative estimate of drug-likeness (QED) is 0.742. The number of rotatable bonds is 6. The SMILES string of the molecule is CCNC(=O)[C@@H](C)N1CCN(CC(=O)Nc2ccc(Cl)c(C(F)(F)F)c2)CC1. The van der Waals surface area contributed by atoms with E-state index in [1.807, 2.05) is 23.6 Å². The minimum atomic E-state index is -4.59. The smallest absolute Gasteiger partial charge is 0.355 e. The number of likely N-dealkylation sites (N-methyl/N-ethyl adjacent to an activating group) is 1. The molecule has 1 aromatic rings. The van der Waals surface area contributed by atoms with Crippen molar-refractivity contribution < 1.29 is 22.8 Å². The van der Waals surface area contributed by atoms with Crippen LogP contribution in [0.1, 0.15) is 19.4 Å². The molecule has 0 aromatic heterocycles. The van der Waals surface area contributed by atoms with E-state index in [0.29, 0.717) is 32.7 Å². The molecule has 1 heterocycles. The van der Waals surface area contributed by atoms with E-state index in [1.165, 1.54) is 6.07 Å². The summed E-state index contributed by atoms with van der Waals surface area (Å²) < 4.78 is 38.7. The summed E-state index contributed by atoms with van der Waals surface area (Å²) in [5, 5.41) is 4.85. The lowest BCUT2D eigenvalue weighted by molar-refractivity contribution is -0.137. The Bertz CT molecular complexity index is 707. The van der Waals surface area contributed by atoms with E-state index >= 15 is 0 Å². The first-order valence-corrected chi connectivity index (χ1v) is 9.40. The fraction of sp³-hybridized carbons (Fsp3) is 0.556. The molecular weight excluding hydrogens is 397 g/mol. The Balaban J connectivity index is 1.86. The molecule has 28 heavy (non-hydrogen) atoms. The second-order valence-electron chi connectivity index (χ2n) is 6.62. The summed E-state index contributed by atoms with van der Waals surface area (Å²) in [7, 11) is 0. The van der Waals surface area contributed by atoms with Gasteiger partial charge in [0.1, 0.15) is 0 Å². The van der Waals surface area contributed by atoms with Gasteiger partial charge < -0.3 is 10.6 Å². The van der Waals surface area contributed by atoms with Gasteiger partial charge in [0, 0.05) is 38.4 Å². The van der Waals surface area contributed by atoms with E-state index in [9.17, 15) is 22.8 Å². The van der Waals surface area contributed by atoms with Crippen LogP contribution in [0.15, 0.2) is 18.2 Å². The van der Waals surface area contributed by atoms with Gasteiger partial charge in [0.25, 0.3) is 0 Å². The summed E-state index contributed by atoms with van der Waals surface area (Å²) >= 11 is 5.58. The number of alkyl halides is 3. The van der Waals surface area contributed by atoms with Gasteiger partial charge in [-0.15, -0.1) is 0 Å². The fourth-order valence-corrected chi connectivity index (χ4v) is 3.25. The summed E-state index contributed by atoms with van der Waals surface area (Å²) in [5.41, 5.74) is -0.940. The molecule has 0 aliphatic carbocycles. The van der Waals surface area contributed by atoms with Crippen LogP contribution in [0.3, 0.4) is 0 Å². The number of halogens is 4. The zero-order valence-corrected chi connectivity index (χ0v) is 16.5. The monoisotopic (exact) mass is 420 g/mol. The van der Waals surface area contributed by atoms with Crippen LogP contribution < -0.4 is 10.6 Å². The summed E-state index contributed by atoms with van der Waals surface area (Å²) in [6, 6.07) is 3.03. The van der Waals surface area contributed by atoms with E-state index < -0.39 is 22.7 Å². The second kappa shape index (κ2) is 9.58. The third-order valence-corrected chi connectivity index (χ3v) is 4.94. The molecule has 0 unspecified atom stereocenters. The number of hydrogen-bond donors (Lipinski definition) is 2. The van der Waals surface area contributed by atoms with Gasteiger partial charge in [-0.1, -0.05) is 11.6 Å². The van der Waals surface area contributed by atoms with Gasteiger partial charge in [-0.05, 0) is 32.0 Å². The third kappa shape index (κ3) is 6.08. The molecule has 1 aliphatic rings. The van der Waals surface area contributed by atoms with Crippen LogP contribution in [0.5, 0.6) is 0 Å². The highest BCUT2D eigenvalue weighted by molar-refractivity contribution is 6.31. The maximum atomic E-state index is 12.9. The minimum Gasteiger partial charge on any atom is -0.355 e. The van der Waals surface area contributed by atoms with Gasteiger partial charge in [-0.25, -0.2) is 0 Å². The molecule has 1 atom stereocenters. The lowest BCUT2D eigenvalue weighted by Gasteiger charge is -2.37. The molecule has 1 saturated heterocycles. The molecule has 0 spiro atoms. The van der Waals surface area contributed by atoms with Crippen LogP contribution in [0, 0.1) is 0 Å². The van der Waals surface area contributed by atoms with Crippen LogP contribution >= 0.6 is 11.6 Å². The molecule has 0 radical (unpaired) electrons. The normalized spacial score (nSPS) is 17.2. The van der Waals surface area contributed by atoms with Crippen molar-refractivity contribution >= 4 is 29.1 Å². The Kier molecular flexibility index (Phi) is 7.68. The van der Waals surface area contributed by atoms with Crippen molar-refractivity contribution in [3.8, 4) is 0 Å². The average molecular weight is 421 g/mol. The topological polar surface area (TPSA) is 64.7 Å². The average Bonchev–Trinajstić information content (AvgIpc) is 2.62. The van der Waals surface area contributed by atoms with E-state index in [-0.39, 0.29) is 24.2 Å². The van der Waals surface area contributed by atoms with Gasteiger partial charge >= 0.3 is 6.18 Å². The van der Waals surface area contributed by atoms with Gasteiger partial charge in [0.05, 0.1) is 23.2 Å². The highest BCUT2D eigenvalue weighted by Crippen LogP contribution is 2.36. The Morgan fingerprint density at radius 3 is 2.43 bits per heavy atom. The van der Waals surface area contributed by atoms with Crippen molar-refractivity contribution in [3.63, 3.8) is 0 Å². The molecule has 0 saturated carbocycles. The van der Waals surface area contributed by atoms with Crippen molar-refractivity contribution in [1.29, 1.82) is 0 Å². The molecule has 2 rings (SSSR count). The fourth-order valence-electron chi connectivity index (χ4n) is 3.02. The Labute approximate surface area is 167 Å². The van der Waals surface area contributed by atoms with Crippen molar-refractivity contribution in [3.05, 3.63) is 28.8 Å². The number of piperazine rings is 1. The zero-order chi connectivity index (χ0) is 20.9. The first kappa shape index (κ1) is 22.4. The highest BCUT2D eigenvalue weighted by atomic mass is 35.5. The number of nitrogens with one attached hydrogen (secondary N) is 2. The van der Waals surface area contributed by atoms with E-state index in [1.54, 1.807) is 0 Å². The summed E-state index contributed by atoms with van der Waals surface area (Å²) in [5.74, 6) is -0.433. The van der Waals surface area contributed by atoms with Crippen LogP contribution in [0.25, 0.3) is 0 Å². The molecular formula is C18H24ClF3N4O2. The lowest BCUT2D eigenvalue weighted by atomic mass is 10.2. The maximum absolute atomic E-state index is 12.9. The van der Waals surface area contributed by atoms with E-state index in [4.69, 9.17) is 11.6 Å². The summed E-state index contributed by atoms with van der Waals surface area (Å²) in [6.45, 7) is 6.77. The predicted octanol–water partition coefficient (Wildman–Crippen LogP) is 2.44. The van der Waals surface area contributed by atoms with Gasteiger partial charge in [-0.2, -0.15) is 13.2 Å². The first-order chi connectivity index (χ1) is 13.1. The molecule has 6 nitrogen and oxygen atoms in total. The molecule has 2 N–H and O–H groups in total. The Morgan fingerprint density at radius 1 is 1.21 bits per heavy atom. The maximum Gasteiger partial charge on any atom is 0.417 e. The number of anilines is 1. The van der Waals surface area contributed by atoms with Crippen LogP contribution in [0.2, 0.25) is 5.02 Å². The van der Waals surface area contributed by atoms with Crippen molar-refractivity contribution in [2.75, 3.05) is 44.6 Å². The number of hydrogen-bond acceptors (Lipinski definition) is 4. The number of benzene rings is 1. The highest BCUT2D eigenvalue weighted by Gasteiger charge is 2.33. The van der Waals surface area contributed by atoms with Crippen LogP contribution in [0.4, 0.5) is 18.9 Å². The standard InChI is InChI=1S/C18H24ClF3N4O2/c1-3-23-17(28)12(2)26-8-6-25(7-9-26)11-16(27)24-13-4-5-15(19)14(10-13)18(20,21)22/h4-5,10,12H,3,6-9,11H2,1-2H3,(H,23,28)(H,24,27)/t12-/m1/s1. The molecule has 1 fully saturated rings. The van der Waals surface area contributed by atoms with Crippen molar-refractivity contribution in [1.82, 2.24) is 15.1 Å².